The molecule has 1 fully saturated rings. The van der Waals surface area contributed by atoms with Crippen LogP contribution in [0.25, 0.3) is 17.0 Å². The summed E-state index contributed by atoms with van der Waals surface area (Å²) < 4.78 is 16.3. The maximum atomic E-state index is 14.6. The molecule has 4 heterocycles. The summed E-state index contributed by atoms with van der Waals surface area (Å²) >= 11 is 0. The summed E-state index contributed by atoms with van der Waals surface area (Å²) in [6.45, 7) is 5.20. The molecule has 7 nitrogen and oxygen atoms in total. The van der Waals surface area contributed by atoms with Crippen molar-refractivity contribution < 1.29 is 9.50 Å². The number of rotatable bonds is 4. The summed E-state index contributed by atoms with van der Waals surface area (Å²) in [6.07, 6.45) is 6.96. The quantitative estimate of drug-likeness (QED) is 0.653. The molecule has 1 atom stereocenters. The lowest BCUT2D eigenvalue weighted by Gasteiger charge is -2.24. The lowest BCUT2D eigenvalue weighted by atomic mass is 10.1. The van der Waals surface area contributed by atoms with Crippen LogP contribution in [0.5, 0.6) is 0 Å². The van der Waals surface area contributed by atoms with Gasteiger partial charge < -0.3 is 15.7 Å². The third-order valence-electron chi connectivity index (χ3n) is 4.76. The molecule has 0 saturated carbocycles. The van der Waals surface area contributed by atoms with Crippen LogP contribution < -0.4 is 10.6 Å². The number of halogens is 1. The highest BCUT2D eigenvalue weighted by Gasteiger charge is 2.21. The second kappa shape index (κ2) is 6.86. The van der Waals surface area contributed by atoms with Gasteiger partial charge in [0.05, 0.1) is 23.8 Å². The average Bonchev–Trinajstić information content (AvgIpc) is 3.06. The lowest BCUT2D eigenvalue weighted by molar-refractivity contribution is 0.0734. The molecule has 0 bridgehead atoms. The molecule has 4 rings (SSSR count). The van der Waals surface area contributed by atoms with Crippen molar-refractivity contribution in [2.75, 3.05) is 18.4 Å². The number of hydrogen-bond donors (Lipinski definition) is 3. The predicted octanol–water partition coefficient (Wildman–Crippen LogP) is 2.32. The smallest absolute Gasteiger partial charge is 0.155 e. The summed E-state index contributed by atoms with van der Waals surface area (Å²) in [5.41, 5.74) is 0.648. The van der Waals surface area contributed by atoms with E-state index in [9.17, 15) is 9.50 Å². The van der Waals surface area contributed by atoms with Crippen LogP contribution in [-0.4, -0.2) is 43.6 Å². The molecule has 0 radical (unpaired) electrons. The standard InChI is InChI=1S/C19H23FN6O/c1-19(2,27)15-11-26-14(9-23-17(26)10-22-15)18-13(20)5-6-16(25-18)24-12-4-3-7-21-8-12/h5-6,9-12,21,27H,3-4,7-8H2,1-2H3,(H,24,25)/t12-/m1/s1. The zero-order valence-electron chi connectivity index (χ0n) is 15.4. The molecular formula is C19H23FN6O. The van der Waals surface area contributed by atoms with E-state index < -0.39 is 11.4 Å². The van der Waals surface area contributed by atoms with Gasteiger partial charge in [-0.05, 0) is 45.4 Å². The Labute approximate surface area is 156 Å². The first-order valence-electron chi connectivity index (χ1n) is 9.12. The van der Waals surface area contributed by atoms with Crippen molar-refractivity contribution in [3.05, 3.63) is 42.2 Å². The van der Waals surface area contributed by atoms with Crippen molar-refractivity contribution in [1.82, 2.24) is 24.7 Å². The van der Waals surface area contributed by atoms with Crippen LogP contribution in [0, 0.1) is 5.82 Å². The molecule has 1 saturated heterocycles. The van der Waals surface area contributed by atoms with Gasteiger partial charge in [-0.1, -0.05) is 0 Å². The molecule has 3 aromatic rings. The van der Waals surface area contributed by atoms with Gasteiger partial charge in [-0.2, -0.15) is 0 Å². The molecule has 1 aliphatic rings. The fourth-order valence-electron chi connectivity index (χ4n) is 3.27. The zero-order valence-corrected chi connectivity index (χ0v) is 15.4. The molecule has 3 aromatic heterocycles. The van der Waals surface area contributed by atoms with Crippen LogP contribution in [0.4, 0.5) is 10.2 Å². The van der Waals surface area contributed by atoms with E-state index >= 15 is 0 Å². The van der Waals surface area contributed by atoms with Crippen LogP contribution in [0.3, 0.4) is 0 Å². The Hall–Kier alpha value is -2.58. The van der Waals surface area contributed by atoms with Crippen LogP contribution in [-0.2, 0) is 5.60 Å². The van der Waals surface area contributed by atoms with Gasteiger partial charge in [0, 0.05) is 18.8 Å². The van der Waals surface area contributed by atoms with Gasteiger partial charge in [0.1, 0.15) is 17.1 Å². The number of piperidine rings is 1. The van der Waals surface area contributed by atoms with Crippen molar-refractivity contribution in [3.8, 4) is 11.4 Å². The second-order valence-corrected chi connectivity index (χ2v) is 7.42. The molecule has 3 N–H and O–H groups in total. The van der Waals surface area contributed by atoms with Crippen LogP contribution in [0.1, 0.15) is 32.4 Å². The third-order valence-corrected chi connectivity index (χ3v) is 4.76. The zero-order chi connectivity index (χ0) is 19.0. The molecule has 0 spiro atoms. The molecule has 0 aromatic carbocycles. The topological polar surface area (TPSA) is 87.4 Å². The van der Waals surface area contributed by atoms with E-state index in [4.69, 9.17) is 0 Å². The van der Waals surface area contributed by atoms with Gasteiger partial charge in [0.15, 0.2) is 11.5 Å². The van der Waals surface area contributed by atoms with Crippen LogP contribution in [0.15, 0.2) is 30.7 Å². The summed E-state index contributed by atoms with van der Waals surface area (Å²) in [5, 5.41) is 16.9. The van der Waals surface area contributed by atoms with Gasteiger partial charge in [0.2, 0.25) is 0 Å². The molecule has 0 aliphatic carbocycles. The summed E-state index contributed by atoms with van der Waals surface area (Å²) in [6, 6.07) is 3.34. The number of nitrogens with zero attached hydrogens (tertiary/aromatic N) is 4. The van der Waals surface area contributed by atoms with Crippen molar-refractivity contribution >= 4 is 11.5 Å². The summed E-state index contributed by atoms with van der Waals surface area (Å²) in [7, 11) is 0. The maximum Gasteiger partial charge on any atom is 0.155 e. The van der Waals surface area contributed by atoms with E-state index in [1.54, 1.807) is 42.9 Å². The minimum Gasteiger partial charge on any atom is -0.384 e. The van der Waals surface area contributed by atoms with E-state index in [2.05, 4.69) is 25.6 Å². The van der Waals surface area contributed by atoms with Crippen LogP contribution in [0.2, 0.25) is 0 Å². The normalized spacial score (nSPS) is 18.0. The first-order chi connectivity index (χ1) is 12.9. The Morgan fingerprint density at radius 3 is 2.89 bits per heavy atom. The average molecular weight is 370 g/mol. The molecule has 0 amide bonds. The molecule has 142 valence electrons. The third kappa shape index (κ3) is 3.63. The number of hydrogen-bond acceptors (Lipinski definition) is 6. The lowest BCUT2D eigenvalue weighted by Crippen LogP contribution is -2.38. The van der Waals surface area contributed by atoms with E-state index in [1.165, 1.54) is 6.07 Å². The summed E-state index contributed by atoms with van der Waals surface area (Å²) in [4.78, 5) is 13.0. The number of aromatic nitrogens is 4. The first-order valence-corrected chi connectivity index (χ1v) is 9.12. The maximum absolute atomic E-state index is 14.6. The highest BCUT2D eigenvalue weighted by Crippen LogP contribution is 2.26. The Bertz CT molecular complexity index is 958. The number of anilines is 1. The van der Waals surface area contributed by atoms with Crippen molar-refractivity contribution in [1.29, 1.82) is 0 Å². The van der Waals surface area contributed by atoms with Crippen molar-refractivity contribution in [3.63, 3.8) is 0 Å². The minimum absolute atomic E-state index is 0.212. The van der Waals surface area contributed by atoms with E-state index in [0.29, 0.717) is 22.9 Å². The van der Waals surface area contributed by atoms with Gasteiger partial charge >= 0.3 is 0 Å². The fourth-order valence-corrected chi connectivity index (χ4v) is 3.27. The predicted molar refractivity (Wildman–Crippen MR) is 101 cm³/mol. The molecule has 27 heavy (non-hydrogen) atoms. The van der Waals surface area contributed by atoms with E-state index in [0.717, 1.165) is 25.9 Å². The Morgan fingerprint density at radius 2 is 2.15 bits per heavy atom. The van der Waals surface area contributed by atoms with Gasteiger partial charge in [0.25, 0.3) is 0 Å². The fraction of sp³-hybridized carbons (Fsp3) is 0.421. The largest absolute Gasteiger partial charge is 0.384 e. The number of nitrogens with one attached hydrogen (secondary N) is 2. The number of fused-ring (bicyclic) bond motifs is 1. The SMILES string of the molecule is CC(C)(O)c1cn2c(-c3nc(N[C@@H]4CCCNC4)ccc3F)cnc2cn1. The number of pyridine rings is 1. The first kappa shape index (κ1) is 17.8. The molecular weight excluding hydrogens is 347 g/mol. The van der Waals surface area contributed by atoms with E-state index in [-0.39, 0.29) is 11.7 Å². The molecule has 1 aliphatic heterocycles. The number of imidazole rings is 1. The van der Waals surface area contributed by atoms with Gasteiger partial charge in [-0.15, -0.1) is 0 Å². The van der Waals surface area contributed by atoms with Gasteiger partial charge in [-0.25, -0.2) is 14.4 Å². The highest BCUT2D eigenvalue weighted by atomic mass is 19.1. The Balaban J connectivity index is 1.73. The molecule has 0 unspecified atom stereocenters. The van der Waals surface area contributed by atoms with Gasteiger partial charge in [-0.3, -0.25) is 9.38 Å². The van der Waals surface area contributed by atoms with Crippen molar-refractivity contribution in [2.45, 2.75) is 38.3 Å². The Morgan fingerprint density at radius 1 is 1.30 bits per heavy atom. The monoisotopic (exact) mass is 370 g/mol. The van der Waals surface area contributed by atoms with Crippen molar-refractivity contribution in [2.24, 2.45) is 0 Å². The highest BCUT2D eigenvalue weighted by molar-refractivity contribution is 5.62. The second-order valence-electron chi connectivity index (χ2n) is 7.42. The minimum atomic E-state index is -1.11. The Kier molecular flexibility index (Phi) is 4.53. The summed E-state index contributed by atoms with van der Waals surface area (Å²) in [5.74, 6) is 0.206. The molecule has 8 heteroatoms. The number of aliphatic hydroxyl groups is 1. The van der Waals surface area contributed by atoms with Crippen LogP contribution >= 0.6 is 0 Å². The van der Waals surface area contributed by atoms with E-state index in [1.807, 2.05) is 0 Å².